The van der Waals surface area contributed by atoms with Crippen LogP contribution in [0.2, 0.25) is 0 Å². The van der Waals surface area contributed by atoms with E-state index in [1.807, 2.05) is 19.9 Å². The smallest absolute Gasteiger partial charge is 0.338 e. The summed E-state index contributed by atoms with van der Waals surface area (Å²) in [5.41, 5.74) is -0.639. The Morgan fingerprint density at radius 3 is 2.55 bits per heavy atom. The zero-order chi connectivity index (χ0) is 21.0. The van der Waals surface area contributed by atoms with E-state index >= 15 is 0 Å². The van der Waals surface area contributed by atoms with Crippen LogP contribution in [0.1, 0.15) is 50.4 Å². The van der Waals surface area contributed by atoms with Crippen LogP contribution in [0.15, 0.2) is 35.9 Å². The third-order valence-electron chi connectivity index (χ3n) is 7.18. The first kappa shape index (κ1) is 19.7. The zero-order valence-electron chi connectivity index (χ0n) is 17.2. The lowest BCUT2D eigenvalue weighted by molar-refractivity contribution is -0.171. The largest absolute Gasteiger partial charge is 0.497 e. The van der Waals surface area contributed by atoms with Gasteiger partial charge in [0.25, 0.3) is 0 Å². The quantitative estimate of drug-likeness (QED) is 0.573. The highest BCUT2D eigenvalue weighted by Gasteiger charge is 2.73. The van der Waals surface area contributed by atoms with Gasteiger partial charge in [0.15, 0.2) is 0 Å². The number of rotatable bonds is 3. The maximum absolute atomic E-state index is 13.2. The van der Waals surface area contributed by atoms with Crippen LogP contribution < -0.4 is 4.74 Å². The molecule has 1 aliphatic heterocycles. The Hall–Kier alpha value is -2.63. The van der Waals surface area contributed by atoms with Crippen molar-refractivity contribution in [3.8, 4) is 5.75 Å². The fraction of sp³-hybridized carbons (Fsp3) is 0.522. The molecular weight excluding hydrogens is 372 g/mol. The predicted octanol–water partition coefficient (Wildman–Crippen LogP) is 3.49. The lowest BCUT2D eigenvalue weighted by Gasteiger charge is -2.43. The topological polar surface area (TPSA) is 78.9 Å². The molecule has 3 aliphatic rings. The summed E-state index contributed by atoms with van der Waals surface area (Å²) < 4.78 is 17.0. The van der Waals surface area contributed by atoms with Crippen LogP contribution in [0.4, 0.5) is 0 Å². The lowest BCUT2D eigenvalue weighted by Crippen LogP contribution is -2.55. The number of ether oxygens (including phenoxy) is 3. The van der Waals surface area contributed by atoms with Crippen LogP contribution in [-0.2, 0) is 19.1 Å². The number of carbonyl (C=O) groups excluding carboxylic acids is 3. The highest BCUT2D eigenvalue weighted by molar-refractivity contribution is 5.95. The van der Waals surface area contributed by atoms with Gasteiger partial charge in [-0.3, -0.25) is 9.59 Å². The summed E-state index contributed by atoms with van der Waals surface area (Å²) in [7, 11) is 1.55. The van der Waals surface area contributed by atoms with Crippen molar-refractivity contribution in [2.75, 3.05) is 7.11 Å². The molecule has 1 heterocycles. The molecule has 0 bridgehead atoms. The van der Waals surface area contributed by atoms with Crippen LogP contribution in [0.3, 0.4) is 0 Å². The van der Waals surface area contributed by atoms with E-state index in [9.17, 15) is 14.4 Å². The Kier molecular flexibility index (Phi) is 4.56. The Bertz CT molecular complexity index is 900. The van der Waals surface area contributed by atoms with Crippen LogP contribution in [0.5, 0.6) is 5.75 Å². The average molecular weight is 398 g/mol. The average Bonchev–Trinajstić information content (AvgIpc) is 3.04. The molecule has 1 saturated heterocycles. The molecule has 0 unspecified atom stereocenters. The predicted molar refractivity (Wildman–Crippen MR) is 104 cm³/mol. The van der Waals surface area contributed by atoms with Crippen molar-refractivity contribution >= 4 is 17.7 Å². The van der Waals surface area contributed by atoms with Crippen molar-refractivity contribution in [3.63, 3.8) is 0 Å². The normalized spacial score (nSPS) is 35.9. The van der Waals surface area contributed by atoms with Crippen molar-refractivity contribution in [2.24, 2.45) is 17.3 Å². The Labute approximate surface area is 170 Å². The highest BCUT2D eigenvalue weighted by Crippen LogP contribution is 2.62. The summed E-state index contributed by atoms with van der Waals surface area (Å²) in [5.74, 6) is -0.688. The first-order valence-electron chi connectivity index (χ1n) is 10.0. The summed E-state index contributed by atoms with van der Waals surface area (Å²) in [4.78, 5) is 38.5. The Morgan fingerprint density at radius 1 is 1.21 bits per heavy atom. The van der Waals surface area contributed by atoms with Crippen molar-refractivity contribution in [1.82, 2.24) is 0 Å². The molecule has 5 atom stereocenters. The van der Waals surface area contributed by atoms with Crippen LogP contribution in [0.25, 0.3) is 0 Å². The minimum absolute atomic E-state index is 0.0136. The van der Waals surface area contributed by atoms with Crippen LogP contribution in [-0.4, -0.2) is 36.5 Å². The van der Waals surface area contributed by atoms with Gasteiger partial charge >= 0.3 is 11.9 Å². The minimum atomic E-state index is -1.10. The number of ketones is 1. The highest BCUT2D eigenvalue weighted by atomic mass is 16.6. The molecule has 2 fully saturated rings. The summed E-state index contributed by atoms with van der Waals surface area (Å²) in [6.45, 7) is 5.57. The van der Waals surface area contributed by atoms with Gasteiger partial charge in [0.2, 0.25) is 0 Å². The van der Waals surface area contributed by atoms with Gasteiger partial charge in [0, 0.05) is 12.3 Å². The van der Waals surface area contributed by atoms with Gasteiger partial charge in [-0.25, -0.2) is 4.79 Å². The Balaban J connectivity index is 1.71. The second kappa shape index (κ2) is 6.71. The van der Waals surface area contributed by atoms with Crippen LogP contribution >= 0.6 is 0 Å². The van der Waals surface area contributed by atoms with E-state index in [1.54, 1.807) is 38.3 Å². The van der Waals surface area contributed by atoms with Gasteiger partial charge in [-0.2, -0.15) is 0 Å². The molecule has 4 rings (SSSR count). The molecule has 0 N–H and O–H groups in total. The molecule has 6 heteroatoms. The molecule has 0 radical (unpaired) electrons. The fourth-order valence-corrected chi connectivity index (χ4v) is 5.25. The number of esters is 2. The van der Waals surface area contributed by atoms with E-state index in [1.165, 1.54) is 0 Å². The van der Waals surface area contributed by atoms with Gasteiger partial charge in [-0.15, -0.1) is 0 Å². The molecule has 1 saturated carbocycles. The van der Waals surface area contributed by atoms with Crippen molar-refractivity contribution < 1.29 is 28.6 Å². The van der Waals surface area contributed by atoms with Crippen molar-refractivity contribution in [1.29, 1.82) is 0 Å². The standard InChI is InChI=1S/C23H26O6/c1-13-9-10-23-17(14(2)20(25)29-23)12-18(24)22(23,3)19(11-13)28-21(26)15-5-7-16(27-4)8-6-15/h5-8,11,14,17,19H,9-10,12H2,1-4H3/t14-,17-,19+,22-,23-/m1/s1. The molecule has 1 aromatic carbocycles. The number of hydrogen-bond donors (Lipinski definition) is 0. The van der Waals surface area contributed by atoms with E-state index < -0.39 is 23.1 Å². The maximum Gasteiger partial charge on any atom is 0.338 e. The first-order chi connectivity index (χ1) is 13.7. The van der Waals surface area contributed by atoms with Gasteiger partial charge in [0.1, 0.15) is 28.7 Å². The van der Waals surface area contributed by atoms with Gasteiger partial charge in [0.05, 0.1) is 18.6 Å². The molecule has 154 valence electrons. The Morgan fingerprint density at radius 2 is 1.90 bits per heavy atom. The molecule has 0 aromatic heterocycles. The van der Waals surface area contributed by atoms with Crippen LogP contribution in [0, 0.1) is 17.3 Å². The maximum atomic E-state index is 13.2. The molecule has 29 heavy (non-hydrogen) atoms. The number of methoxy groups -OCH3 is 1. The SMILES string of the molecule is COc1ccc(C(=O)O[C@H]2C=C(C)CC[C@@]34OC(=O)[C@H](C)[C@H]3CC(=O)[C@]24C)cc1. The molecule has 6 nitrogen and oxygen atoms in total. The second-order valence-electron chi connectivity index (χ2n) is 8.60. The molecule has 0 amide bonds. The monoisotopic (exact) mass is 398 g/mol. The van der Waals surface area contributed by atoms with Crippen molar-refractivity contribution in [2.45, 2.75) is 51.7 Å². The minimum Gasteiger partial charge on any atom is -0.497 e. The second-order valence-corrected chi connectivity index (χ2v) is 8.60. The number of Topliss-reactive ketones (excluding diaryl/α,β-unsaturated/α-hetero) is 1. The summed E-state index contributed by atoms with van der Waals surface area (Å²) >= 11 is 0. The van der Waals surface area contributed by atoms with Gasteiger partial charge < -0.3 is 14.2 Å². The zero-order valence-corrected chi connectivity index (χ0v) is 17.2. The van der Waals surface area contributed by atoms with Gasteiger partial charge in [-0.05, 0) is 57.0 Å². The number of allylic oxidation sites excluding steroid dienone is 1. The van der Waals surface area contributed by atoms with E-state index in [0.717, 1.165) is 5.57 Å². The third-order valence-corrected chi connectivity index (χ3v) is 7.18. The number of hydrogen-bond acceptors (Lipinski definition) is 6. The van der Waals surface area contributed by atoms with E-state index in [0.29, 0.717) is 24.2 Å². The molecular formula is C23H26O6. The third kappa shape index (κ3) is 2.72. The number of carbonyl (C=O) groups is 3. The molecule has 1 spiro atoms. The van der Waals surface area contributed by atoms with Gasteiger partial charge in [-0.1, -0.05) is 12.5 Å². The molecule has 2 aliphatic carbocycles. The fourth-order valence-electron chi connectivity index (χ4n) is 5.25. The molecule has 1 aromatic rings. The van der Waals surface area contributed by atoms with E-state index in [4.69, 9.17) is 14.2 Å². The van der Waals surface area contributed by atoms with Crippen molar-refractivity contribution in [3.05, 3.63) is 41.5 Å². The summed E-state index contributed by atoms with van der Waals surface area (Å²) in [6, 6.07) is 6.63. The summed E-state index contributed by atoms with van der Waals surface area (Å²) in [5, 5.41) is 0. The van der Waals surface area contributed by atoms with E-state index in [2.05, 4.69) is 0 Å². The summed E-state index contributed by atoms with van der Waals surface area (Å²) in [6.07, 6.45) is 2.58. The first-order valence-corrected chi connectivity index (χ1v) is 10.0. The lowest BCUT2D eigenvalue weighted by atomic mass is 9.67. The number of benzene rings is 1. The van der Waals surface area contributed by atoms with E-state index in [-0.39, 0.29) is 30.0 Å².